The zero-order valence-electron chi connectivity index (χ0n) is 58.9. The van der Waals surface area contributed by atoms with Gasteiger partial charge in [0, 0.05) is 113 Å². The van der Waals surface area contributed by atoms with Crippen LogP contribution in [0.5, 0.6) is 0 Å². The minimum atomic E-state index is -2.17. The van der Waals surface area contributed by atoms with Gasteiger partial charge in [-0.2, -0.15) is 11.8 Å². The number of hydrogen-bond acceptors (Lipinski definition) is 29. The molecule has 3 rings (SSSR count). The van der Waals surface area contributed by atoms with Crippen LogP contribution in [0.3, 0.4) is 0 Å². The Morgan fingerprint density at radius 1 is 0.402 bits per heavy atom. The molecule has 2 aromatic rings. The number of benzene rings is 2. The van der Waals surface area contributed by atoms with Gasteiger partial charge in [-0.3, -0.25) is 52.7 Å². The van der Waals surface area contributed by atoms with Crippen molar-refractivity contribution in [3.63, 3.8) is 0 Å². The minimum Gasteiger partial charge on any atom is -0.481 e. The average Bonchev–Trinajstić information content (AvgIpc) is 1.62. The third-order valence-electron chi connectivity index (χ3n) is 18.2. The molecule has 0 aliphatic heterocycles. The van der Waals surface area contributed by atoms with Crippen molar-refractivity contribution in [2.24, 2.45) is 23.5 Å². The van der Waals surface area contributed by atoms with E-state index in [9.17, 15) is 144 Å². The van der Waals surface area contributed by atoms with Crippen LogP contribution in [0.2, 0.25) is 0 Å². The van der Waals surface area contributed by atoms with Crippen molar-refractivity contribution < 1.29 is 149 Å². The van der Waals surface area contributed by atoms with E-state index in [4.69, 9.17) is 10.8 Å². The van der Waals surface area contributed by atoms with Gasteiger partial charge in [-0.25, -0.2) is 4.79 Å². The highest BCUT2D eigenvalue weighted by molar-refractivity contribution is 7.99. The first-order chi connectivity index (χ1) is 50.6. The number of Topliss-reactive ketones (excluding diaryl/α,β-unsaturated/α-hetero) is 3. The van der Waals surface area contributed by atoms with Crippen molar-refractivity contribution >= 4 is 82.5 Å². The zero-order valence-corrected chi connectivity index (χ0v) is 59.7. The van der Waals surface area contributed by atoms with Gasteiger partial charge in [0.2, 0.25) is 35.4 Å². The van der Waals surface area contributed by atoms with Crippen LogP contribution in [0, 0.1) is 17.8 Å². The van der Waals surface area contributed by atoms with Crippen molar-refractivity contribution in [1.82, 2.24) is 31.9 Å². The fourth-order valence-electron chi connectivity index (χ4n) is 11.6. The molecule has 0 aromatic heterocycles. The summed E-state index contributed by atoms with van der Waals surface area (Å²) < 4.78 is 0. The summed E-state index contributed by atoms with van der Waals surface area (Å²) in [5.74, 6) is -18.2. The Hall–Kier alpha value is -7.61. The molecule has 2 aromatic carbocycles. The smallest absolute Gasteiger partial charge is 0.326 e. The summed E-state index contributed by atoms with van der Waals surface area (Å²) in [5.41, 5.74) is 9.84. The molecule has 0 saturated carbocycles. The number of aliphatic carboxylic acids is 3. The molecule has 26 N–H and O–H groups in total. The molecule has 1 aliphatic rings. The van der Waals surface area contributed by atoms with Gasteiger partial charge >= 0.3 is 17.9 Å². The second-order valence-corrected chi connectivity index (χ2v) is 27.5. The van der Waals surface area contributed by atoms with Crippen LogP contribution in [0.25, 0.3) is 11.1 Å². The van der Waals surface area contributed by atoms with Crippen LogP contribution in [0.4, 0.5) is 0 Å². The molecule has 37 nitrogen and oxygen atoms in total. The number of aliphatic hydroxyl groups is 15. The number of nitrogens with two attached hydrogens (primary N) is 1. The molecule has 0 unspecified atom stereocenters. The molecule has 38 heteroatoms. The summed E-state index contributed by atoms with van der Waals surface area (Å²) in [6.07, 6.45) is -34.0. The Balaban J connectivity index is 2.06. The number of fused-ring (bicyclic) bond motifs is 3. The third kappa shape index (κ3) is 32.2. The maximum Gasteiger partial charge on any atom is 0.326 e. The lowest BCUT2D eigenvalue weighted by molar-refractivity contribution is -0.143. The molecule has 107 heavy (non-hydrogen) atoms. The second kappa shape index (κ2) is 48.7. The van der Waals surface area contributed by atoms with Crippen LogP contribution >= 0.6 is 11.8 Å². The van der Waals surface area contributed by atoms with E-state index in [0.717, 1.165) is 22.3 Å². The maximum atomic E-state index is 14.8. The van der Waals surface area contributed by atoms with Crippen LogP contribution < -0.4 is 37.6 Å². The Morgan fingerprint density at radius 3 is 1.07 bits per heavy atom. The molecule has 18 atom stereocenters. The van der Waals surface area contributed by atoms with Crippen molar-refractivity contribution in [2.75, 3.05) is 57.5 Å². The fourth-order valence-corrected chi connectivity index (χ4v) is 12.8. The monoisotopic (exact) mass is 1540 g/mol. The van der Waals surface area contributed by atoms with E-state index in [1.165, 1.54) is 11.8 Å². The summed E-state index contributed by atoms with van der Waals surface area (Å²) in [6, 6.07) is 10.2. The molecule has 6 amide bonds. The summed E-state index contributed by atoms with van der Waals surface area (Å²) in [6.45, 7) is -5.36. The lowest BCUT2D eigenvalue weighted by Gasteiger charge is -2.26. The average molecular weight is 1540 g/mol. The molecular weight excluding hydrogens is 1440 g/mol. The summed E-state index contributed by atoms with van der Waals surface area (Å²) >= 11 is 1.44. The fraction of sp³-hybridized carbons (Fsp3) is 0.652. The number of thioether (sulfide) groups is 1. The number of ketones is 3. The van der Waals surface area contributed by atoms with Crippen molar-refractivity contribution in [1.29, 1.82) is 0 Å². The number of unbranched alkanes of at least 4 members (excludes halogenated alkanes) is 1. The van der Waals surface area contributed by atoms with Gasteiger partial charge in [-0.15, -0.1) is 0 Å². The third-order valence-corrected chi connectivity index (χ3v) is 19.2. The van der Waals surface area contributed by atoms with Crippen LogP contribution in [-0.4, -0.2) is 311 Å². The SMILES string of the molecule is NCCCC[C@H](NC(=O)[C@H](CCC(=O)NC[C@H](O)[C@@H](O)[C@H](O)[C@H](O)CO)CC(=O)[C@H](CCC(=O)O)NC(=O)[C@H](CCC(=O)NC[C@H](O)[C@@H](O)[C@H](O)[C@H](O)CO)CC(=O)[C@H](CCC(=O)O)NC(=O)[C@H](CCC(=O)NC[C@H](O)[C@@H](O)[C@H](O)[C@H](O)CO)CC(=O)CCSCC1c2ccccc2-c2ccccc21)C(=O)O. The number of nitrogens with one attached hydrogen (secondary N) is 6. The molecule has 0 radical (unpaired) electrons. The van der Waals surface area contributed by atoms with Crippen LogP contribution in [0.15, 0.2) is 48.5 Å². The largest absolute Gasteiger partial charge is 0.481 e. The first-order valence-corrected chi connectivity index (χ1v) is 36.2. The molecule has 1 aliphatic carbocycles. The van der Waals surface area contributed by atoms with E-state index >= 15 is 0 Å². The van der Waals surface area contributed by atoms with Gasteiger partial charge in [0.25, 0.3) is 0 Å². The predicted octanol–water partition coefficient (Wildman–Crippen LogP) is -6.96. The first kappa shape index (κ1) is 93.6. The number of carboxylic acids is 3. The van der Waals surface area contributed by atoms with E-state index in [-0.39, 0.29) is 37.5 Å². The molecule has 0 bridgehead atoms. The number of carbonyl (C=O) groups excluding carboxylic acids is 9. The van der Waals surface area contributed by atoms with Crippen molar-refractivity contribution in [2.45, 2.75) is 206 Å². The van der Waals surface area contributed by atoms with Gasteiger partial charge in [-0.05, 0) is 80.2 Å². The number of carboxylic acid groups (broad SMARTS) is 3. The first-order valence-electron chi connectivity index (χ1n) is 35.0. The Labute approximate surface area is 619 Å². The molecule has 0 saturated heterocycles. The molecule has 0 heterocycles. The van der Waals surface area contributed by atoms with Crippen molar-refractivity contribution in [3.8, 4) is 11.1 Å². The topological polar surface area (TPSA) is 667 Å². The van der Waals surface area contributed by atoms with Gasteiger partial charge in [0.05, 0.1) is 50.2 Å². The lowest BCUT2D eigenvalue weighted by Crippen LogP contribution is -2.50. The number of rotatable bonds is 57. The summed E-state index contributed by atoms with van der Waals surface area (Å²) in [5, 5.41) is 193. The Bertz CT molecular complexity index is 3160. The number of amides is 6. The number of hydrogen-bond donors (Lipinski definition) is 25. The van der Waals surface area contributed by atoms with E-state index in [2.05, 4.69) is 31.9 Å². The molecular formula is C69H105N7O30S. The normalized spacial score (nSPS) is 17.1. The van der Waals surface area contributed by atoms with Gasteiger partial charge in [0.15, 0.2) is 11.6 Å². The molecule has 0 spiro atoms. The highest BCUT2D eigenvalue weighted by Gasteiger charge is 2.38. The van der Waals surface area contributed by atoms with Crippen LogP contribution in [0.1, 0.15) is 126 Å². The minimum absolute atomic E-state index is 0.0327. The second-order valence-electron chi connectivity index (χ2n) is 26.3. The quantitative estimate of drug-likeness (QED) is 0.0274. The number of aliphatic hydroxyl groups excluding tert-OH is 15. The summed E-state index contributed by atoms with van der Waals surface area (Å²) in [7, 11) is 0. The van der Waals surface area contributed by atoms with Crippen LogP contribution in [-0.2, 0) is 57.5 Å². The Kier molecular flexibility index (Phi) is 42.6. The Morgan fingerprint density at radius 2 is 0.738 bits per heavy atom. The summed E-state index contributed by atoms with van der Waals surface area (Å²) in [4.78, 5) is 163. The maximum absolute atomic E-state index is 14.8. The highest BCUT2D eigenvalue weighted by atomic mass is 32.2. The predicted molar refractivity (Wildman–Crippen MR) is 375 cm³/mol. The van der Waals surface area contributed by atoms with E-state index in [0.29, 0.717) is 12.2 Å². The van der Waals surface area contributed by atoms with Gasteiger partial charge < -0.3 is 130 Å². The van der Waals surface area contributed by atoms with Gasteiger partial charge in [-0.1, -0.05) is 48.5 Å². The van der Waals surface area contributed by atoms with E-state index < -0.39 is 303 Å². The van der Waals surface area contributed by atoms with E-state index in [1.54, 1.807) is 0 Å². The standard InChI is InChI=1S/C69H105N7O30S/c70-23-6-5-11-46(69(105)106)76-68(104)37(14-19-57(91)73-30-51(85)62(98)65(101)54(88)33-79)27-48(82)45(16-21-59(94)95)75-67(103)36(13-18-56(90)72-29-50(84)61(97)64(100)53(87)32-78)26-47(81)44(15-20-58(92)93)74-66(102)35(12-17-55(89)71-28-49(83)60(96)63(99)52(86)31-77)25-38(80)22-24-107-34-43-41-9-3-1-7-39(41)40-8-2-4-10-42(40)43/h1-4,7-10,35-37,43-46,49-54,60-65,77-79,83-88,96-101H,5-6,11-34,70H2,(H,71,89)(H,72,90)(H,73,91)(H,74,102)(H,75,103)(H,76,104)(H,92,93)(H,94,95)(H,105,106)/t35-,36-,37-,44+,45+,46+,49+,50+,51+,52-,53-,54-,60-,61-,62-,63-,64-,65-/m1/s1. The zero-order chi connectivity index (χ0) is 80.2. The molecule has 602 valence electrons. The van der Waals surface area contributed by atoms with Gasteiger partial charge in [0.1, 0.15) is 66.8 Å². The van der Waals surface area contributed by atoms with Crippen molar-refractivity contribution in [3.05, 3.63) is 59.7 Å². The molecule has 0 fully saturated rings. The lowest BCUT2D eigenvalue weighted by atomic mass is 9.89. The van der Waals surface area contributed by atoms with E-state index in [1.807, 2.05) is 48.5 Å². The number of carbonyl (C=O) groups is 12. The highest BCUT2D eigenvalue weighted by Crippen LogP contribution is 2.46.